The summed E-state index contributed by atoms with van der Waals surface area (Å²) in [6.45, 7) is 12.1. The zero-order chi connectivity index (χ0) is 73.2. The lowest BCUT2D eigenvalue weighted by atomic mass is 9.77. The first-order chi connectivity index (χ1) is 50.4. The van der Waals surface area contributed by atoms with Gasteiger partial charge < -0.3 is 10.1 Å². The van der Waals surface area contributed by atoms with E-state index < -0.39 is 11.8 Å². The summed E-state index contributed by atoms with van der Waals surface area (Å²) in [7, 11) is 0. The fourth-order valence-corrected chi connectivity index (χ4v) is 16.1. The van der Waals surface area contributed by atoms with Gasteiger partial charge in [-0.1, -0.05) is 210 Å². The lowest BCUT2D eigenvalue weighted by molar-refractivity contribution is 0.0734. The van der Waals surface area contributed by atoms with Gasteiger partial charge in [0.25, 0.3) is 0 Å². The maximum absolute atomic E-state index is 13.4. The molecule has 0 radical (unpaired) electrons. The quantitative estimate of drug-likeness (QED) is 0.0324. The highest BCUT2D eigenvalue weighted by Crippen LogP contribution is 2.42. The Labute approximate surface area is 629 Å². The highest BCUT2D eigenvalue weighted by atomic mass is 79.9. The molecule has 546 valence electrons. The second kappa shape index (κ2) is 47.5. The molecule has 0 unspecified atom stereocenters. The molecule has 103 heavy (non-hydrogen) atoms. The molecule has 0 atom stereocenters. The van der Waals surface area contributed by atoms with Gasteiger partial charge in [0.05, 0.1) is 56.6 Å². The third-order valence-electron chi connectivity index (χ3n) is 22.3. The molecule has 0 amide bonds. The van der Waals surface area contributed by atoms with Crippen LogP contribution in [0.15, 0.2) is 168 Å². The van der Waals surface area contributed by atoms with Gasteiger partial charge in [0.2, 0.25) is 0 Å². The smallest absolute Gasteiger partial charge is 0.343 e. The van der Waals surface area contributed by atoms with Crippen molar-refractivity contribution in [3.8, 4) is 41.2 Å². The fourth-order valence-electron chi connectivity index (χ4n) is 15.8. The molecule has 4 aliphatic rings. The van der Waals surface area contributed by atoms with E-state index in [-0.39, 0.29) is 5.75 Å². The van der Waals surface area contributed by atoms with Gasteiger partial charge in [-0.15, -0.1) is 0 Å². The highest BCUT2D eigenvalue weighted by molar-refractivity contribution is 9.10. The van der Waals surface area contributed by atoms with Gasteiger partial charge in [-0.3, -0.25) is 0 Å². The minimum Gasteiger partial charge on any atom is -0.423 e. The average Bonchev–Trinajstić information content (AvgIpc) is 0.851. The summed E-state index contributed by atoms with van der Waals surface area (Å²) in [6.07, 6.45) is 45.3. The SMILES string of the molecule is CCCC1CCC(c2ccc(C#N)cc2)CC1.CCCCCC1CCC(c2ccc(-c3ccc(C#N)cc3)cc2)CC1.CCCCCC1CCC(c2ccc(C#N)cc2)CC1.CCCCCCCC1CCC(c2ccc(C#N)cc2)CC1.CCCNc1ccc(C(=O)Oc2ccc(Br)c(F)c2)cc1. The molecule has 11 rings (SSSR count). The van der Waals surface area contributed by atoms with E-state index in [4.69, 9.17) is 25.8 Å². The molecular weight excluding hydrogens is 1330 g/mol. The lowest BCUT2D eigenvalue weighted by Gasteiger charge is -2.29. The number of halogens is 2. The van der Waals surface area contributed by atoms with Crippen molar-refractivity contribution in [3.05, 3.63) is 224 Å². The number of hydrogen-bond donors (Lipinski definition) is 1. The minimum absolute atomic E-state index is 0.175. The first-order valence-electron chi connectivity index (χ1n) is 40.0. The minimum atomic E-state index is -0.515. The first kappa shape index (κ1) is 82.5. The van der Waals surface area contributed by atoms with Gasteiger partial charge in [0.15, 0.2) is 0 Å². The molecule has 0 saturated heterocycles. The molecule has 1 N–H and O–H groups in total. The Morgan fingerprint density at radius 1 is 0.388 bits per heavy atom. The van der Waals surface area contributed by atoms with Gasteiger partial charge in [-0.25, -0.2) is 9.18 Å². The number of ether oxygens (including phenoxy) is 1. The first-order valence-corrected chi connectivity index (χ1v) is 40.8. The molecule has 7 nitrogen and oxygen atoms in total. The van der Waals surface area contributed by atoms with Crippen LogP contribution in [0.3, 0.4) is 0 Å². The van der Waals surface area contributed by atoms with Crippen molar-refractivity contribution in [3.63, 3.8) is 0 Å². The van der Waals surface area contributed by atoms with Crippen LogP contribution in [0, 0.1) is 74.8 Å². The van der Waals surface area contributed by atoms with Crippen LogP contribution in [0.2, 0.25) is 0 Å². The van der Waals surface area contributed by atoms with E-state index in [9.17, 15) is 9.18 Å². The van der Waals surface area contributed by atoms with Gasteiger partial charge in [0, 0.05) is 18.3 Å². The standard InChI is InChI=1S/C24H29N.C20H29N.C18H25N.C16H15BrFNO2.C16H21N/c1-2-3-4-5-19-6-10-21(11-7-19)23-14-16-24(17-15-23)22-12-8-20(18-25)9-13-22;1-2-3-4-5-6-7-17-8-12-19(13-9-17)20-14-10-18(16-21)11-15-20;1-2-3-4-5-15-6-10-17(11-7-15)18-12-8-16(14-19)9-13-18;1-2-9-19-12-5-3-11(4-6-12)16(20)21-13-7-8-14(17)15(18)10-13;1-2-3-13-4-8-15(9-5-13)16-10-6-14(12-17)7-11-16/h8-9,12-17,19,21H,2-7,10-11H2,1H3;10-11,14-15,17,19H,2-9,12-13H2,1H3;8-9,12-13,15,17H,2-7,10-11H2,1H3;3-8,10,19H,2,9H2,1H3;6-7,10-11,13,15H,2-5,8-9H2,1H3. The summed E-state index contributed by atoms with van der Waals surface area (Å²) >= 11 is 3.05. The number of rotatable bonds is 26. The Morgan fingerprint density at radius 3 is 1.05 bits per heavy atom. The van der Waals surface area contributed by atoms with Crippen LogP contribution in [-0.4, -0.2) is 12.5 Å². The molecule has 0 aliphatic heterocycles. The van der Waals surface area contributed by atoms with Crippen molar-refractivity contribution < 1.29 is 13.9 Å². The summed E-state index contributed by atoms with van der Waals surface area (Å²) in [5.74, 6) is 6.02. The van der Waals surface area contributed by atoms with Crippen molar-refractivity contribution in [2.45, 2.75) is 270 Å². The van der Waals surface area contributed by atoms with Crippen LogP contribution in [-0.2, 0) is 0 Å². The van der Waals surface area contributed by atoms with E-state index in [0.717, 1.165) is 88.3 Å². The third-order valence-corrected chi connectivity index (χ3v) is 22.9. The average molecular weight is 1450 g/mol. The number of unbranched alkanes of at least 4 members (excludes halogenated alkanes) is 8. The predicted octanol–water partition coefficient (Wildman–Crippen LogP) is 27.9. The summed E-state index contributed by atoms with van der Waals surface area (Å²) < 4.78 is 18.8. The topological polar surface area (TPSA) is 133 Å². The molecule has 7 aromatic rings. The van der Waals surface area contributed by atoms with Gasteiger partial charge in [-0.2, -0.15) is 21.0 Å². The summed E-state index contributed by atoms with van der Waals surface area (Å²) in [6, 6.07) is 61.6. The number of carbonyl (C=O) groups is 1. The Morgan fingerprint density at radius 2 is 0.709 bits per heavy atom. The largest absolute Gasteiger partial charge is 0.423 e. The van der Waals surface area contributed by atoms with Crippen molar-refractivity contribution in [1.29, 1.82) is 21.0 Å². The number of hydrogen-bond acceptors (Lipinski definition) is 7. The fraction of sp³-hybridized carbons (Fsp3) is 0.500. The van der Waals surface area contributed by atoms with Crippen LogP contribution in [0.1, 0.15) is 325 Å². The van der Waals surface area contributed by atoms with E-state index in [1.165, 1.54) is 257 Å². The zero-order valence-corrected chi connectivity index (χ0v) is 64.7. The second-order valence-corrected chi connectivity index (χ2v) is 30.7. The maximum atomic E-state index is 13.4. The summed E-state index contributed by atoms with van der Waals surface area (Å²) in [4.78, 5) is 12.0. The van der Waals surface area contributed by atoms with Gasteiger partial charge in [-0.05, 0) is 291 Å². The number of nitrogens with zero attached hydrogens (tertiary/aromatic N) is 4. The number of esters is 1. The molecule has 4 saturated carbocycles. The molecule has 0 aromatic heterocycles. The number of benzene rings is 7. The molecule has 0 bridgehead atoms. The van der Waals surface area contributed by atoms with E-state index in [1.54, 1.807) is 12.1 Å². The molecule has 7 aromatic carbocycles. The van der Waals surface area contributed by atoms with Gasteiger partial charge in [0.1, 0.15) is 11.6 Å². The molecular formula is C94H119BrFN5O2. The molecule has 4 fully saturated rings. The normalized spacial score (nSPS) is 19.7. The van der Waals surface area contributed by atoms with E-state index in [0.29, 0.717) is 10.0 Å². The maximum Gasteiger partial charge on any atom is 0.343 e. The third kappa shape index (κ3) is 29.3. The van der Waals surface area contributed by atoms with Crippen LogP contribution in [0.5, 0.6) is 5.75 Å². The van der Waals surface area contributed by atoms with Crippen LogP contribution in [0.4, 0.5) is 10.1 Å². The van der Waals surface area contributed by atoms with Crippen molar-refractivity contribution in [2.24, 2.45) is 23.7 Å². The Hall–Kier alpha value is -7.82. The summed E-state index contributed by atoms with van der Waals surface area (Å²) in [5, 5.41) is 38.6. The molecule has 0 heterocycles. The number of nitriles is 4. The molecule has 9 heteroatoms. The predicted molar refractivity (Wildman–Crippen MR) is 430 cm³/mol. The zero-order valence-electron chi connectivity index (χ0n) is 63.1. The molecule has 4 aliphatic carbocycles. The number of carbonyl (C=O) groups excluding carboxylic acids is 1. The van der Waals surface area contributed by atoms with Crippen LogP contribution >= 0.6 is 15.9 Å². The second-order valence-electron chi connectivity index (χ2n) is 29.8. The van der Waals surface area contributed by atoms with Crippen LogP contribution < -0.4 is 10.1 Å². The van der Waals surface area contributed by atoms with Crippen molar-refractivity contribution >= 4 is 27.6 Å². The molecule has 0 spiro atoms. The van der Waals surface area contributed by atoms with E-state index in [2.05, 4.69) is 141 Å². The lowest BCUT2D eigenvalue weighted by Crippen LogP contribution is -2.13. The monoisotopic (exact) mass is 1450 g/mol. The number of nitrogens with one attached hydrogen (secondary N) is 1. The summed E-state index contributed by atoms with van der Waals surface area (Å²) in [5.41, 5.74) is 12.6. The Balaban J connectivity index is 0.000000181. The van der Waals surface area contributed by atoms with E-state index in [1.807, 2.05) is 72.8 Å². The Kier molecular flexibility index (Phi) is 38.0. The number of anilines is 1. The van der Waals surface area contributed by atoms with Gasteiger partial charge >= 0.3 is 5.97 Å². The van der Waals surface area contributed by atoms with Crippen molar-refractivity contribution in [1.82, 2.24) is 0 Å². The Bertz CT molecular complexity index is 3660. The van der Waals surface area contributed by atoms with E-state index >= 15 is 0 Å². The van der Waals surface area contributed by atoms with Crippen molar-refractivity contribution in [2.75, 3.05) is 11.9 Å². The highest BCUT2D eigenvalue weighted by Gasteiger charge is 2.26. The van der Waals surface area contributed by atoms with Crippen LogP contribution in [0.25, 0.3) is 11.1 Å².